The zero-order chi connectivity index (χ0) is 20.4. The number of rotatable bonds is 4. The second-order valence-electron chi connectivity index (χ2n) is 7.77. The average molecular weight is 399 g/mol. The Morgan fingerprint density at radius 2 is 1.62 bits per heavy atom. The Kier molecular flexibility index (Phi) is 5.77. The van der Waals surface area contributed by atoms with Crippen molar-refractivity contribution in [1.29, 1.82) is 0 Å². The number of anilines is 3. The number of hydrogen-bond acceptors (Lipinski definition) is 9. The number of ether oxygens (including phenoxy) is 1. The second kappa shape index (κ2) is 8.46. The highest BCUT2D eigenvalue weighted by Gasteiger charge is 2.31. The summed E-state index contributed by atoms with van der Waals surface area (Å²) in [5.41, 5.74) is 0. The van der Waals surface area contributed by atoms with Gasteiger partial charge in [0.2, 0.25) is 5.95 Å². The minimum atomic E-state index is -0.679. The van der Waals surface area contributed by atoms with Crippen molar-refractivity contribution in [2.24, 2.45) is 0 Å². The molecule has 9 nitrogen and oxygen atoms in total. The third kappa shape index (κ3) is 4.25. The molecule has 29 heavy (non-hydrogen) atoms. The molecule has 1 N–H and O–H groups in total. The highest BCUT2D eigenvalue weighted by Crippen LogP contribution is 2.26. The van der Waals surface area contributed by atoms with E-state index in [2.05, 4.69) is 43.5 Å². The zero-order valence-corrected chi connectivity index (χ0v) is 17.3. The van der Waals surface area contributed by atoms with Crippen LogP contribution in [0.25, 0.3) is 0 Å². The lowest BCUT2D eigenvalue weighted by atomic mass is 10.1. The van der Waals surface area contributed by atoms with Gasteiger partial charge in [-0.25, -0.2) is 15.0 Å². The minimum Gasteiger partial charge on any atom is -0.385 e. The molecule has 2 aliphatic rings. The molecular formula is C20H29N7O2. The fourth-order valence-corrected chi connectivity index (χ4v) is 4.10. The average Bonchev–Trinajstić information content (AvgIpc) is 2.74. The Hall–Kier alpha value is -2.52. The van der Waals surface area contributed by atoms with Crippen LogP contribution in [-0.4, -0.2) is 76.5 Å². The maximum atomic E-state index is 9.82. The van der Waals surface area contributed by atoms with E-state index in [0.717, 1.165) is 43.8 Å². The van der Waals surface area contributed by atoms with Gasteiger partial charge in [-0.05, 0) is 32.9 Å². The van der Waals surface area contributed by atoms with Gasteiger partial charge in [0.15, 0.2) is 5.82 Å². The molecule has 3 atom stereocenters. The van der Waals surface area contributed by atoms with E-state index in [0.29, 0.717) is 19.0 Å². The van der Waals surface area contributed by atoms with Crippen molar-refractivity contribution in [3.05, 3.63) is 30.4 Å². The number of morpholine rings is 1. The van der Waals surface area contributed by atoms with Crippen molar-refractivity contribution in [1.82, 2.24) is 19.9 Å². The van der Waals surface area contributed by atoms with Crippen LogP contribution in [-0.2, 0) is 4.74 Å². The van der Waals surface area contributed by atoms with E-state index in [1.807, 2.05) is 18.3 Å². The Morgan fingerprint density at radius 3 is 2.31 bits per heavy atom. The van der Waals surface area contributed by atoms with Crippen LogP contribution in [0.4, 0.5) is 17.6 Å². The molecule has 9 heteroatoms. The summed E-state index contributed by atoms with van der Waals surface area (Å²) in [6.07, 6.45) is 2.88. The van der Waals surface area contributed by atoms with Gasteiger partial charge in [0.05, 0.1) is 13.2 Å². The molecule has 156 valence electrons. The maximum absolute atomic E-state index is 9.82. The Bertz CT molecular complexity index is 816. The second-order valence-corrected chi connectivity index (χ2v) is 7.77. The third-order valence-corrected chi connectivity index (χ3v) is 5.46. The van der Waals surface area contributed by atoms with Gasteiger partial charge in [0.25, 0.3) is 0 Å². The van der Waals surface area contributed by atoms with E-state index in [9.17, 15) is 5.11 Å². The molecule has 0 aliphatic carbocycles. The molecule has 4 heterocycles. The van der Waals surface area contributed by atoms with E-state index in [-0.39, 0.29) is 12.1 Å². The van der Waals surface area contributed by atoms with Crippen LogP contribution < -0.4 is 14.7 Å². The molecule has 0 bridgehead atoms. The molecule has 0 saturated carbocycles. The van der Waals surface area contributed by atoms with E-state index < -0.39 is 6.10 Å². The molecule has 0 amide bonds. The molecule has 2 aromatic heterocycles. The van der Waals surface area contributed by atoms with Crippen molar-refractivity contribution >= 4 is 17.6 Å². The molecule has 0 spiro atoms. The van der Waals surface area contributed by atoms with Crippen molar-refractivity contribution in [2.45, 2.75) is 39.0 Å². The summed E-state index contributed by atoms with van der Waals surface area (Å²) >= 11 is 0. The minimum absolute atomic E-state index is 0.234. The van der Waals surface area contributed by atoms with Gasteiger partial charge in [-0.15, -0.1) is 0 Å². The summed E-state index contributed by atoms with van der Waals surface area (Å²) in [5.74, 6) is 3.03. The summed E-state index contributed by atoms with van der Waals surface area (Å²) in [6.45, 7) is 10.8. The lowest BCUT2D eigenvalue weighted by Gasteiger charge is -2.45. The van der Waals surface area contributed by atoms with Gasteiger partial charge >= 0.3 is 0 Å². The number of nitrogens with zero attached hydrogens (tertiary/aromatic N) is 7. The molecule has 2 fully saturated rings. The van der Waals surface area contributed by atoms with Crippen molar-refractivity contribution in [2.75, 3.05) is 54.1 Å². The molecule has 0 aromatic carbocycles. The standard InChI is InChI=1S/C20H29N7O2/c1-14-12-26(17-4-7-22-20(24-17)25-8-10-29-11-9-25)13-15(2)27(14)18-5-6-21-19(23-18)16(3)28/h4-7,14-16,28H,8-13H2,1-3H3/t14-,15+,16-/m1/s1. The molecule has 0 radical (unpaired) electrons. The first-order valence-corrected chi connectivity index (χ1v) is 10.2. The van der Waals surface area contributed by atoms with Gasteiger partial charge in [-0.3, -0.25) is 0 Å². The Labute approximate surface area is 171 Å². The first-order chi connectivity index (χ1) is 14.0. The predicted octanol–water partition coefficient (Wildman–Crippen LogP) is 1.26. The summed E-state index contributed by atoms with van der Waals surface area (Å²) in [6, 6.07) is 4.36. The molecule has 4 rings (SSSR count). The van der Waals surface area contributed by atoms with Crippen LogP contribution in [0.3, 0.4) is 0 Å². The smallest absolute Gasteiger partial charge is 0.227 e. The number of piperazine rings is 1. The summed E-state index contributed by atoms with van der Waals surface area (Å²) in [7, 11) is 0. The van der Waals surface area contributed by atoms with E-state index in [1.54, 1.807) is 13.1 Å². The van der Waals surface area contributed by atoms with Crippen LogP contribution >= 0.6 is 0 Å². The van der Waals surface area contributed by atoms with Crippen LogP contribution in [0.2, 0.25) is 0 Å². The number of aromatic nitrogens is 4. The predicted molar refractivity (Wildman–Crippen MR) is 111 cm³/mol. The number of aliphatic hydroxyl groups is 1. The highest BCUT2D eigenvalue weighted by molar-refractivity contribution is 5.49. The van der Waals surface area contributed by atoms with Crippen LogP contribution in [0.15, 0.2) is 24.5 Å². The molecule has 2 saturated heterocycles. The lowest BCUT2D eigenvalue weighted by Crippen LogP contribution is -2.57. The highest BCUT2D eigenvalue weighted by atomic mass is 16.5. The zero-order valence-electron chi connectivity index (χ0n) is 17.3. The van der Waals surface area contributed by atoms with E-state index in [1.165, 1.54) is 0 Å². The van der Waals surface area contributed by atoms with Crippen molar-refractivity contribution in [3.8, 4) is 0 Å². The lowest BCUT2D eigenvalue weighted by molar-refractivity contribution is 0.122. The molecule has 2 aromatic rings. The quantitative estimate of drug-likeness (QED) is 0.816. The van der Waals surface area contributed by atoms with Gasteiger partial charge in [0.1, 0.15) is 17.7 Å². The van der Waals surface area contributed by atoms with E-state index >= 15 is 0 Å². The summed E-state index contributed by atoms with van der Waals surface area (Å²) in [5, 5.41) is 9.82. The fourth-order valence-electron chi connectivity index (χ4n) is 4.10. The van der Waals surface area contributed by atoms with Gasteiger partial charge in [-0.1, -0.05) is 0 Å². The van der Waals surface area contributed by atoms with E-state index in [4.69, 9.17) is 9.72 Å². The van der Waals surface area contributed by atoms with Crippen LogP contribution in [0, 0.1) is 0 Å². The first-order valence-electron chi connectivity index (χ1n) is 10.2. The largest absolute Gasteiger partial charge is 0.385 e. The SMILES string of the molecule is C[C@@H]1CN(c2ccnc(N3CCOCC3)n2)C[C@H](C)N1c1ccnc([C@@H](C)O)n1. The normalized spacial score (nSPS) is 23.9. The summed E-state index contributed by atoms with van der Waals surface area (Å²) in [4.78, 5) is 24.8. The monoisotopic (exact) mass is 399 g/mol. The molecule has 2 aliphatic heterocycles. The maximum Gasteiger partial charge on any atom is 0.227 e. The topological polar surface area (TPSA) is 90.7 Å². The number of hydrogen-bond donors (Lipinski definition) is 1. The first kappa shape index (κ1) is 19.8. The fraction of sp³-hybridized carbons (Fsp3) is 0.600. The van der Waals surface area contributed by atoms with Crippen molar-refractivity contribution < 1.29 is 9.84 Å². The van der Waals surface area contributed by atoms with Crippen LogP contribution in [0.1, 0.15) is 32.7 Å². The molecule has 0 unspecified atom stereocenters. The third-order valence-electron chi connectivity index (χ3n) is 5.46. The Balaban J connectivity index is 1.51. The molecular weight excluding hydrogens is 370 g/mol. The van der Waals surface area contributed by atoms with Crippen molar-refractivity contribution in [3.63, 3.8) is 0 Å². The van der Waals surface area contributed by atoms with Gasteiger partial charge < -0.3 is 24.5 Å². The van der Waals surface area contributed by atoms with Gasteiger partial charge in [-0.2, -0.15) is 4.98 Å². The van der Waals surface area contributed by atoms with Gasteiger partial charge in [0, 0.05) is 50.7 Å². The summed E-state index contributed by atoms with van der Waals surface area (Å²) < 4.78 is 5.43. The Morgan fingerprint density at radius 1 is 0.966 bits per heavy atom. The number of aliphatic hydroxyl groups excluding tert-OH is 1. The van der Waals surface area contributed by atoms with Crippen LogP contribution in [0.5, 0.6) is 0 Å².